The molecule has 0 heterocycles. The molecule has 0 aromatic heterocycles. The molecular weight excluding hydrogens is 376 g/mol. The van der Waals surface area contributed by atoms with E-state index in [4.69, 9.17) is 21.1 Å². The van der Waals surface area contributed by atoms with Crippen molar-refractivity contribution in [1.29, 1.82) is 0 Å². The Labute approximate surface area is 163 Å². The van der Waals surface area contributed by atoms with Gasteiger partial charge in [0.1, 0.15) is 18.2 Å². The van der Waals surface area contributed by atoms with Crippen molar-refractivity contribution in [3.05, 3.63) is 34.9 Å². The lowest BCUT2D eigenvalue weighted by Crippen LogP contribution is -2.43. The number of hydrogen-bond acceptors (Lipinski definition) is 5. The fourth-order valence-corrected chi connectivity index (χ4v) is 2.20. The van der Waals surface area contributed by atoms with Crippen molar-refractivity contribution >= 4 is 29.8 Å². The summed E-state index contributed by atoms with van der Waals surface area (Å²) >= 11 is 5.97. The van der Waals surface area contributed by atoms with E-state index in [-0.39, 0.29) is 19.6 Å². The van der Waals surface area contributed by atoms with E-state index >= 15 is 0 Å². The van der Waals surface area contributed by atoms with Crippen LogP contribution in [-0.2, 0) is 20.9 Å². The molecule has 0 saturated carbocycles. The van der Waals surface area contributed by atoms with Gasteiger partial charge in [-0.25, -0.2) is 14.4 Å². The first-order valence-corrected chi connectivity index (χ1v) is 8.82. The highest BCUT2D eigenvalue weighted by atomic mass is 35.5. The first-order chi connectivity index (χ1) is 12.6. The van der Waals surface area contributed by atoms with Crippen LogP contribution in [0, 0.1) is 0 Å². The fraction of sp³-hybridized carbons (Fsp3) is 0.500. The number of halogens is 1. The second-order valence-electron chi connectivity index (χ2n) is 6.77. The molecule has 9 heteroatoms. The minimum atomic E-state index is -1.18. The maximum absolute atomic E-state index is 11.7. The third kappa shape index (κ3) is 9.69. The molecule has 0 unspecified atom stereocenters. The lowest BCUT2D eigenvalue weighted by Gasteiger charge is -2.22. The molecule has 0 aliphatic carbocycles. The molecule has 0 bridgehead atoms. The van der Waals surface area contributed by atoms with Crippen LogP contribution >= 0.6 is 11.6 Å². The molecule has 0 aliphatic heterocycles. The van der Waals surface area contributed by atoms with Crippen LogP contribution in [0.15, 0.2) is 24.3 Å². The molecule has 27 heavy (non-hydrogen) atoms. The number of carbonyl (C=O) groups is 3. The van der Waals surface area contributed by atoms with Gasteiger partial charge in [-0.05, 0) is 39.7 Å². The number of carbonyl (C=O) groups excluding carboxylic acids is 2. The van der Waals surface area contributed by atoms with Crippen LogP contribution in [-0.4, -0.2) is 41.4 Å². The summed E-state index contributed by atoms with van der Waals surface area (Å²) in [5.41, 5.74) is -0.0399. The highest BCUT2D eigenvalue weighted by Gasteiger charge is 2.23. The summed E-state index contributed by atoms with van der Waals surface area (Å²) in [5, 5.41) is 14.5. The van der Waals surface area contributed by atoms with Gasteiger partial charge >= 0.3 is 18.2 Å². The first-order valence-electron chi connectivity index (χ1n) is 8.45. The summed E-state index contributed by atoms with van der Waals surface area (Å²) in [6.45, 7) is 5.27. The Hall–Kier alpha value is -2.48. The molecule has 1 rings (SSSR count). The van der Waals surface area contributed by atoms with E-state index in [1.54, 1.807) is 45.0 Å². The van der Waals surface area contributed by atoms with Gasteiger partial charge in [-0.2, -0.15) is 0 Å². The van der Waals surface area contributed by atoms with Crippen molar-refractivity contribution in [2.24, 2.45) is 0 Å². The Morgan fingerprint density at radius 2 is 1.85 bits per heavy atom. The van der Waals surface area contributed by atoms with Gasteiger partial charge in [0.15, 0.2) is 0 Å². The molecule has 8 nitrogen and oxygen atoms in total. The number of carboxylic acid groups (broad SMARTS) is 1. The van der Waals surface area contributed by atoms with Gasteiger partial charge in [0.05, 0.1) is 0 Å². The van der Waals surface area contributed by atoms with E-state index in [0.717, 1.165) is 0 Å². The van der Waals surface area contributed by atoms with Crippen molar-refractivity contribution in [3.8, 4) is 0 Å². The molecule has 0 fully saturated rings. The standard InChI is InChI=1S/C18H25ClN2O6/c1-18(2,3)27-17(25)21-14(15(22)23)9-6-10-20-16(24)26-11-12-7-4-5-8-13(12)19/h4-5,7-8,14H,6,9-11H2,1-3H3,(H,20,24)(H,21,25)(H,22,23)/t14-/m0/s1. The normalized spacial score (nSPS) is 12.0. The highest BCUT2D eigenvalue weighted by molar-refractivity contribution is 6.31. The summed E-state index contributed by atoms with van der Waals surface area (Å²) < 4.78 is 10.1. The van der Waals surface area contributed by atoms with E-state index in [1.807, 2.05) is 0 Å². The molecule has 0 spiro atoms. The fourth-order valence-electron chi connectivity index (χ4n) is 2.01. The minimum Gasteiger partial charge on any atom is -0.480 e. The summed E-state index contributed by atoms with van der Waals surface area (Å²) in [6, 6.07) is 5.89. The van der Waals surface area contributed by atoms with E-state index in [9.17, 15) is 19.5 Å². The van der Waals surface area contributed by atoms with Crippen LogP contribution in [0.2, 0.25) is 5.02 Å². The average Bonchev–Trinajstić information content (AvgIpc) is 2.55. The number of carboxylic acids is 1. The topological polar surface area (TPSA) is 114 Å². The Balaban J connectivity index is 2.31. The zero-order valence-corrected chi connectivity index (χ0v) is 16.3. The first kappa shape index (κ1) is 22.6. The van der Waals surface area contributed by atoms with E-state index in [0.29, 0.717) is 17.0 Å². The molecule has 2 amide bonds. The van der Waals surface area contributed by atoms with Crippen LogP contribution in [0.1, 0.15) is 39.2 Å². The van der Waals surface area contributed by atoms with Gasteiger partial charge in [-0.15, -0.1) is 0 Å². The highest BCUT2D eigenvalue weighted by Crippen LogP contribution is 2.15. The van der Waals surface area contributed by atoms with Gasteiger partial charge in [0, 0.05) is 17.1 Å². The van der Waals surface area contributed by atoms with Crippen molar-refractivity contribution < 1.29 is 29.0 Å². The zero-order chi connectivity index (χ0) is 20.4. The van der Waals surface area contributed by atoms with Crippen molar-refractivity contribution in [2.75, 3.05) is 6.54 Å². The quantitative estimate of drug-likeness (QED) is 0.577. The van der Waals surface area contributed by atoms with E-state index < -0.39 is 29.8 Å². The zero-order valence-electron chi connectivity index (χ0n) is 15.6. The second-order valence-corrected chi connectivity index (χ2v) is 7.18. The molecule has 1 aromatic carbocycles. The van der Waals surface area contributed by atoms with Crippen LogP contribution in [0.4, 0.5) is 9.59 Å². The number of nitrogens with one attached hydrogen (secondary N) is 2. The third-order valence-corrected chi connectivity index (χ3v) is 3.61. The minimum absolute atomic E-state index is 0.0312. The molecular formula is C18H25ClN2O6. The maximum atomic E-state index is 11.7. The smallest absolute Gasteiger partial charge is 0.408 e. The van der Waals surface area contributed by atoms with Gasteiger partial charge in [0.25, 0.3) is 0 Å². The van der Waals surface area contributed by atoms with Gasteiger partial charge in [-0.3, -0.25) is 0 Å². The molecule has 0 radical (unpaired) electrons. The lowest BCUT2D eigenvalue weighted by molar-refractivity contribution is -0.139. The number of hydrogen-bond donors (Lipinski definition) is 3. The van der Waals surface area contributed by atoms with Crippen molar-refractivity contribution in [1.82, 2.24) is 10.6 Å². The van der Waals surface area contributed by atoms with Gasteiger partial charge in [0.2, 0.25) is 0 Å². The third-order valence-electron chi connectivity index (χ3n) is 3.24. The summed E-state index contributed by atoms with van der Waals surface area (Å²) in [6.07, 6.45) is -0.989. The largest absolute Gasteiger partial charge is 0.480 e. The van der Waals surface area contributed by atoms with Gasteiger partial charge < -0.3 is 25.2 Å². The summed E-state index contributed by atoms with van der Waals surface area (Å²) in [5.74, 6) is -1.18. The Bertz CT molecular complexity index is 659. The average molecular weight is 401 g/mol. The van der Waals surface area contributed by atoms with Crippen LogP contribution < -0.4 is 10.6 Å². The van der Waals surface area contributed by atoms with Crippen molar-refractivity contribution in [2.45, 2.75) is 51.9 Å². The van der Waals surface area contributed by atoms with Crippen LogP contribution in [0.3, 0.4) is 0 Å². The number of ether oxygens (including phenoxy) is 2. The Morgan fingerprint density at radius 3 is 2.44 bits per heavy atom. The number of alkyl carbamates (subject to hydrolysis) is 2. The van der Waals surface area contributed by atoms with Gasteiger partial charge in [-0.1, -0.05) is 29.8 Å². The second kappa shape index (κ2) is 10.6. The molecule has 1 aromatic rings. The van der Waals surface area contributed by atoms with E-state index in [1.165, 1.54) is 0 Å². The van der Waals surface area contributed by atoms with Crippen LogP contribution in [0.5, 0.6) is 0 Å². The Morgan fingerprint density at radius 1 is 1.19 bits per heavy atom. The number of rotatable bonds is 8. The molecule has 1 atom stereocenters. The van der Waals surface area contributed by atoms with Crippen LogP contribution in [0.25, 0.3) is 0 Å². The monoisotopic (exact) mass is 400 g/mol. The maximum Gasteiger partial charge on any atom is 0.408 e. The number of amides is 2. The summed E-state index contributed by atoms with van der Waals surface area (Å²) in [4.78, 5) is 34.5. The number of aliphatic carboxylic acids is 1. The molecule has 0 aliphatic rings. The summed E-state index contributed by atoms with van der Waals surface area (Å²) in [7, 11) is 0. The predicted octanol–water partition coefficient (Wildman–Crippen LogP) is 3.32. The van der Waals surface area contributed by atoms with E-state index in [2.05, 4.69) is 10.6 Å². The molecule has 150 valence electrons. The lowest BCUT2D eigenvalue weighted by atomic mass is 10.1. The number of benzene rings is 1. The molecule has 0 saturated heterocycles. The molecule has 3 N–H and O–H groups in total. The Kier molecular flexibility index (Phi) is 8.87. The van der Waals surface area contributed by atoms with Crippen molar-refractivity contribution in [3.63, 3.8) is 0 Å². The predicted molar refractivity (Wildman–Crippen MR) is 99.7 cm³/mol. The SMILES string of the molecule is CC(C)(C)OC(=O)N[C@@H](CCCNC(=O)OCc1ccccc1Cl)C(=O)O.